The zero-order valence-corrected chi connectivity index (χ0v) is 13.9. The third kappa shape index (κ3) is 5.46. The first kappa shape index (κ1) is 18.2. The summed E-state index contributed by atoms with van der Waals surface area (Å²) in [6, 6.07) is 8.84. The van der Waals surface area contributed by atoms with Crippen LogP contribution in [0.4, 0.5) is 18.9 Å². The molecule has 0 saturated carbocycles. The molecule has 10 heteroatoms. The Morgan fingerprint density at radius 1 is 1.19 bits per heavy atom. The van der Waals surface area contributed by atoms with E-state index in [4.69, 9.17) is 5.73 Å². The van der Waals surface area contributed by atoms with Gasteiger partial charge in [0.15, 0.2) is 5.96 Å². The summed E-state index contributed by atoms with van der Waals surface area (Å²) in [6.45, 7) is 0.304. The molecule has 3 N–H and O–H groups in total. The van der Waals surface area contributed by atoms with Crippen molar-refractivity contribution in [2.75, 3.05) is 5.32 Å². The van der Waals surface area contributed by atoms with Crippen molar-refractivity contribution in [1.29, 1.82) is 0 Å². The van der Waals surface area contributed by atoms with Crippen LogP contribution in [0.15, 0.2) is 66.3 Å². The van der Waals surface area contributed by atoms with Crippen LogP contribution in [0.3, 0.4) is 0 Å². The van der Waals surface area contributed by atoms with E-state index in [1.807, 2.05) is 6.07 Å². The van der Waals surface area contributed by atoms with E-state index in [1.54, 1.807) is 35.6 Å². The van der Waals surface area contributed by atoms with E-state index < -0.39 is 6.36 Å². The minimum atomic E-state index is -4.73. The molecule has 27 heavy (non-hydrogen) atoms. The Balaban J connectivity index is 1.61. The molecular weight excluding hydrogens is 361 g/mol. The minimum Gasteiger partial charge on any atom is -0.406 e. The number of hydrogen-bond donors (Lipinski definition) is 2. The molecule has 140 valence electrons. The molecule has 3 rings (SSSR count). The largest absolute Gasteiger partial charge is 0.573 e. The highest BCUT2D eigenvalue weighted by Gasteiger charge is 2.30. The Labute approximate surface area is 152 Å². The van der Waals surface area contributed by atoms with Crippen LogP contribution in [0.2, 0.25) is 0 Å². The smallest absolute Gasteiger partial charge is 0.406 e. The molecule has 0 aliphatic heterocycles. The molecule has 0 spiro atoms. The Bertz CT molecular complexity index is 907. The molecule has 3 aromatic rings. The Morgan fingerprint density at radius 3 is 2.63 bits per heavy atom. The van der Waals surface area contributed by atoms with Gasteiger partial charge in [-0.15, -0.1) is 13.2 Å². The number of aliphatic imine (C=N–C) groups is 1. The van der Waals surface area contributed by atoms with E-state index in [0.29, 0.717) is 18.1 Å². The third-order valence-electron chi connectivity index (χ3n) is 3.37. The fourth-order valence-corrected chi connectivity index (χ4v) is 2.20. The minimum absolute atomic E-state index is 0.125. The van der Waals surface area contributed by atoms with Crippen LogP contribution in [0.25, 0.3) is 5.82 Å². The summed E-state index contributed by atoms with van der Waals surface area (Å²) in [4.78, 5) is 12.4. The van der Waals surface area contributed by atoms with Gasteiger partial charge in [0.25, 0.3) is 0 Å². The van der Waals surface area contributed by atoms with Crippen LogP contribution in [0.1, 0.15) is 5.56 Å². The van der Waals surface area contributed by atoms with Gasteiger partial charge in [-0.2, -0.15) is 0 Å². The van der Waals surface area contributed by atoms with Crippen molar-refractivity contribution in [3.63, 3.8) is 0 Å². The molecular formula is C17H15F3N6O. The first-order valence-electron chi connectivity index (χ1n) is 7.75. The number of benzene rings is 1. The number of ether oxygens (including phenoxy) is 1. The average Bonchev–Trinajstić information content (AvgIpc) is 3.15. The maximum atomic E-state index is 12.1. The molecule has 0 fully saturated rings. The van der Waals surface area contributed by atoms with E-state index in [-0.39, 0.29) is 11.7 Å². The number of alkyl halides is 3. The standard InChI is InChI=1S/C17H15F3N6O/c18-17(19,20)27-14-3-1-13(2-4-14)25-16(21)24-10-12-5-6-23-15(9-12)26-8-7-22-11-26/h1-9,11H,10H2,(H3,21,24,25). The number of aromatic nitrogens is 3. The fraction of sp³-hybridized carbons (Fsp3) is 0.118. The van der Waals surface area contributed by atoms with E-state index >= 15 is 0 Å². The second kappa shape index (κ2) is 7.77. The van der Waals surface area contributed by atoms with Crippen molar-refractivity contribution < 1.29 is 17.9 Å². The number of nitrogens with zero attached hydrogens (tertiary/aromatic N) is 4. The highest BCUT2D eigenvalue weighted by molar-refractivity contribution is 5.92. The zero-order chi connectivity index (χ0) is 19.3. The molecule has 0 saturated heterocycles. The highest BCUT2D eigenvalue weighted by atomic mass is 19.4. The lowest BCUT2D eigenvalue weighted by molar-refractivity contribution is -0.274. The van der Waals surface area contributed by atoms with Crippen molar-refractivity contribution in [2.24, 2.45) is 10.7 Å². The SMILES string of the molecule is NC(=NCc1ccnc(-n2ccnc2)c1)Nc1ccc(OC(F)(F)F)cc1. The van der Waals surface area contributed by atoms with Crippen molar-refractivity contribution in [2.45, 2.75) is 12.9 Å². The molecule has 0 radical (unpaired) electrons. The van der Waals surface area contributed by atoms with Gasteiger partial charge in [0.2, 0.25) is 0 Å². The summed E-state index contributed by atoms with van der Waals surface area (Å²) in [7, 11) is 0. The van der Waals surface area contributed by atoms with E-state index in [9.17, 15) is 13.2 Å². The number of hydrogen-bond acceptors (Lipinski definition) is 4. The van der Waals surface area contributed by atoms with Gasteiger partial charge in [-0.05, 0) is 42.0 Å². The first-order valence-corrected chi connectivity index (χ1v) is 7.75. The highest BCUT2D eigenvalue weighted by Crippen LogP contribution is 2.23. The van der Waals surface area contributed by atoms with Crippen LogP contribution >= 0.6 is 0 Å². The van der Waals surface area contributed by atoms with Gasteiger partial charge in [-0.1, -0.05) is 0 Å². The number of nitrogens with one attached hydrogen (secondary N) is 1. The lowest BCUT2D eigenvalue weighted by Gasteiger charge is -2.10. The summed E-state index contributed by atoms with van der Waals surface area (Å²) in [5.41, 5.74) is 7.19. The fourth-order valence-electron chi connectivity index (χ4n) is 2.20. The quantitative estimate of drug-likeness (QED) is 0.528. The van der Waals surface area contributed by atoms with Gasteiger partial charge in [0.1, 0.15) is 17.9 Å². The van der Waals surface area contributed by atoms with Crippen molar-refractivity contribution in [3.05, 3.63) is 66.9 Å². The summed E-state index contributed by atoms with van der Waals surface area (Å²) in [5.74, 6) is 0.514. The lowest BCUT2D eigenvalue weighted by atomic mass is 10.2. The number of rotatable bonds is 5. The monoisotopic (exact) mass is 376 g/mol. The second-order valence-electron chi connectivity index (χ2n) is 5.39. The molecule has 0 aliphatic rings. The number of pyridine rings is 1. The maximum absolute atomic E-state index is 12.1. The van der Waals surface area contributed by atoms with Gasteiger partial charge in [0.05, 0.1) is 6.54 Å². The molecule has 2 aromatic heterocycles. The van der Waals surface area contributed by atoms with Crippen molar-refractivity contribution in [3.8, 4) is 11.6 Å². The van der Waals surface area contributed by atoms with Gasteiger partial charge in [-0.25, -0.2) is 15.0 Å². The summed E-state index contributed by atoms with van der Waals surface area (Å²) in [6.07, 6.45) is 1.99. The lowest BCUT2D eigenvalue weighted by Crippen LogP contribution is -2.22. The van der Waals surface area contributed by atoms with Crippen molar-refractivity contribution >= 4 is 11.6 Å². The van der Waals surface area contributed by atoms with E-state index in [2.05, 4.69) is 25.0 Å². The second-order valence-corrected chi connectivity index (χ2v) is 5.39. The zero-order valence-electron chi connectivity index (χ0n) is 13.9. The summed E-state index contributed by atoms with van der Waals surface area (Å²) < 4.78 is 42.0. The molecule has 2 heterocycles. The maximum Gasteiger partial charge on any atom is 0.573 e. The molecule has 0 amide bonds. The van der Waals surface area contributed by atoms with Crippen LogP contribution in [-0.4, -0.2) is 26.9 Å². The predicted molar refractivity (Wildman–Crippen MR) is 93.4 cm³/mol. The van der Waals surface area contributed by atoms with Crippen molar-refractivity contribution in [1.82, 2.24) is 14.5 Å². The number of anilines is 1. The Kier molecular flexibility index (Phi) is 5.25. The van der Waals surface area contributed by atoms with E-state index in [0.717, 1.165) is 5.56 Å². The number of imidazole rings is 1. The van der Waals surface area contributed by atoms with Crippen LogP contribution in [0, 0.1) is 0 Å². The number of halogens is 3. The first-order chi connectivity index (χ1) is 12.9. The molecule has 0 atom stereocenters. The number of guanidine groups is 1. The van der Waals surface area contributed by atoms with E-state index in [1.165, 1.54) is 24.3 Å². The third-order valence-corrected chi connectivity index (χ3v) is 3.37. The van der Waals surface area contributed by atoms with Crippen LogP contribution in [0.5, 0.6) is 5.75 Å². The number of nitrogens with two attached hydrogens (primary N) is 1. The normalized spacial score (nSPS) is 12.0. The van der Waals surface area contributed by atoms with Gasteiger partial charge >= 0.3 is 6.36 Å². The summed E-state index contributed by atoms with van der Waals surface area (Å²) >= 11 is 0. The molecule has 0 bridgehead atoms. The molecule has 0 aliphatic carbocycles. The molecule has 0 unspecified atom stereocenters. The topological polar surface area (TPSA) is 90.4 Å². The predicted octanol–water partition coefficient (Wildman–Crippen LogP) is 3.09. The van der Waals surface area contributed by atoms with Crippen LogP contribution in [-0.2, 0) is 6.54 Å². The van der Waals surface area contributed by atoms with Gasteiger partial charge in [-0.3, -0.25) is 4.57 Å². The summed E-state index contributed by atoms with van der Waals surface area (Å²) in [5, 5.41) is 2.80. The Hall–Kier alpha value is -3.56. The van der Waals surface area contributed by atoms with Gasteiger partial charge in [0, 0.05) is 24.3 Å². The van der Waals surface area contributed by atoms with Crippen LogP contribution < -0.4 is 15.8 Å². The molecule has 1 aromatic carbocycles. The molecule has 7 nitrogen and oxygen atoms in total. The average molecular weight is 376 g/mol. The Morgan fingerprint density at radius 2 is 1.96 bits per heavy atom. The van der Waals surface area contributed by atoms with Gasteiger partial charge < -0.3 is 15.8 Å².